The van der Waals surface area contributed by atoms with Gasteiger partial charge in [-0.3, -0.25) is 0 Å². The van der Waals surface area contributed by atoms with Crippen molar-refractivity contribution in [2.24, 2.45) is 23.7 Å². The standard InChI is InChI=1S/C16H28O2/c1-12-8-14-10-13(2)16(15(9-12)11-14)17-6-4-3-5-7-18-16/h12-15H,3-11H2,1-2H3. The molecular formula is C16H28O2. The second kappa shape index (κ2) is 5.13. The quantitative estimate of drug-likeness (QED) is 0.649. The maximum absolute atomic E-state index is 6.34. The zero-order valence-electron chi connectivity index (χ0n) is 12.0. The van der Waals surface area contributed by atoms with Crippen molar-refractivity contribution < 1.29 is 9.47 Å². The van der Waals surface area contributed by atoms with Crippen LogP contribution in [0, 0.1) is 23.7 Å². The van der Waals surface area contributed by atoms with Crippen molar-refractivity contribution >= 4 is 0 Å². The van der Waals surface area contributed by atoms with Crippen LogP contribution >= 0.6 is 0 Å². The van der Waals surface area contributed by atoms with E-state index in [4.69, 9.17) is 9.47 Å². The summed E-state index contributed by atoms with van der Waals surface area (Å²) in [5.74, 6) is 2.78. The Morgan fingerprint density at radius 1 is 0.833 bits per heavy atom. The predicted octanol–water partition coefficient (Wildman–Crippen LogP) is 3.99. The molecule has 0 aromatic carbocycles. The molecule has 0 aromatic heterocycles. The van der Waals surface area contributed by atoms with Crippen molar-refractivity contribution in [3.05, 3.63) is 0 Å². The SMILES string of the molecule is CC1CC2CC(C)C3(OCCCCCO3)C(C1)C2. The lowest BCUT2D eigenvalue weighted by molar-refractivity contribution is -0.321. The van der Waals surface area contributed by atoms with Crippen molar-refractivity contribution in [1.29, 1.82) is 0 Å². The van der Waals surface area contributed by atoms with Gasteiger partial charge in [0, 0.05) is 11.8 Å². The molecule has 1 heterocycles. The first kappa shape index (κ1) is 12.9. The summed E-state index contributed by atoms with van der Waals surface area (Å²) in [5, 5.41) is 0. The zero-order chi connectivity index (χ0) is 12.6. The Hall–Kier alpha value is -0.0800. The molecule has 2 saturated carbocycles. The fraction of sp³-hybridized carbons (Fsp3) is 1.00. The number of fused-ring (bicyclic) bond motifs is 3. The Morgan fingerprint density at radius 2 is 1.56 bits per heavy atom. The monoisotopic (exact) mass is 252 g/mol. The number of rotatable bonds is 0. The summed E-state index contributed by atoms with van der Waals surface area (Å²) in [5.41, 5.74) is 0. The Balaban J connectivity index is 1.81. The van der Waals surface area contributed by atoms with E-state index in [1.54, 1.807) is 0 Å². The molecular weight excluding hydrogens is 224 g/mol. The van der Waals surface area contributed by atoms with E-state index >= 15 is 0 Å². The van der Waals surface area contributed by atoms with Gasteiger partial charge in [0.1, 0.15) is 0 Å². The fourth-order valence-electron chi connectivity index (χ4n) is 4.74. The third kappa shape index (κ3) is 2.22. The average molecular weight is 252 g/mol. The lowest BCUT2D eigenvalue weighted by atomic mass is 9.62. The van der Waals surface area contributed by atoms with Gasteiger partial charge in [0.05, 0.1) is 13.2 Å². The second-order valence-corrected chi connectivity index (χ2v) is 6.99. The van der Waals surface area contributed by atoms with E-state index < -0.39 is 0 Å². The van der Waals surface area contributed by atoms with Gasteiger partial charge in [-0.1, -0.05) is 13.8 Å². The largest absolute Gasteiger partial charge is 0.349 e. The summed E-state index contributed by atoms with van der Waals surface area (Å²) < 4.78 is 12.7. The smallest absolute Gasteiger partial charge is 0.173 e. The Labute approximate surface area is 111 Å². The highest BCUT2D eigenvalue weighted by atomic mass is 16.7. The maximum Gasteiger partial charge on any atom is 0.173 e. The van der Waals surface area contributed by atoms with Gasteiger partial charge in [0.2, 0.25) is 0 Å². The topological polar surface area (TPSA) is 18.5 Å². The van der Waals surface area contributed by atoms with E-state index in [2.05, 4.69) is 13.8 Å². The summed E-state index contributed by atoms with van der Waals surface area (Å²) in [6.07, 6.45) is 9.06. The summed E-state index contributed by atoms with van der Waals surface area (Å²) >= 11 is 0. The minimum absolute atomic E-state index is 0.231. The van der Waals surface area contributed by atoms with Crippen LogP contribution in [0.2, 0.25) is 0 Å². The van der Waals surface area contributed by atoms with Crippen molar-refractivity contribution in [3.8, 4) is 0 Å². The van der Waals surface area contributed by atoms with E-state index in [0.717, 1.165) is 25.0 Å². The summed E-state index contributed by atoms with van der Waals surface area (Å²) in [6, 6.07) is 0. The van der Waals surface area contributed by atoms with Gasteiger partial charge in [-0.05, 0) is 56.8 Å². The first-order valence-electron chi connectivity index (χ1n) is 7.98. The molecule has 2 heteroatoms. The van der Waals surface area contributed by atoms with E-state index in [0.29, 0.717) is 11.8 Å². The van der Waals surface area contributed by atoms with Crippen LogP contribution in [0.3, 0.4) is 0 Å². The molecule has 1 spiro atoms. The van der Waals surface area contributed by atoms with E-state index in [9.17, 15) is 0 Å². The van der Waals surface area contributed by atoms with Crippen LogP contribution in [0.1, 0.15) is 58.8 Å². The molecule has 4 unspecified atom stereocenters. The first-order valence-corrected chi connectivity index (χ1v) is 7.98. The number of ether oxygens (including phenoxy) is 2. The van der Waals surface area contributed by atoms with Crippen molar-refractivity contribution in [2.45, 2.75) is 64.6 Å². The van der Waals surface area contributed by atoms with E-state index in [1.807, 2.05) is 0 Å². The molecule has 0 radical (unpaired) electrons. The average Bonchev–Trinajstić information content (AvgIpc) is 2.26. The summed E-state index contributed by atoms with van der Waals surface area (Å²) in [4.78, 5) is 0. The maximum atomic E-state index is 6.34. The Morgan fingerprint density at radius 3 is 2.28 bits per heavy atom. The lowest BCUT2D eigenvalue weighted by Gasteiger charge is -2.54. The molecule has 0 N–H and O–H groups in total. The molecule has 1 saturated heterocycles. The molecule has 2 bridgehead atoms. The highest BCUT2D eigenvalue weighted by molar-refractivity contribution is 4.96. The van der Waals surface area contributed by atoms with Crippen LogP contribution in [0.4, 0.5) is 0 Å². The summed E-state index contributed by atoms with van der Waals surface area (Å²) in [7, 11) is 0. The van der Waals surface area contributed by atoms with Crippen LogP contribution in [0.5, 0.6) is 0 Å². The molecule has 104 valence electrons. The van der Waals surface area contributed by atoms with Gasteiger partial charge in [0.15, 0.2) is 5.79 Å². The highest BCUT2D eigenvalue weighted by Gasteiger charge is 2.52. The van der Waals surface area contributed by atoms with Crippen molar-refractivity contribution in [1.82, 2.24) is 0 Å². The van der Waals surface area contributed by atoms with Crippen LogP contribution < -0.4 is 0 Å². The second-order valence-electron chi connectivity index (χ2n) is 6.99. The zero-order valence-corrected chi connectivity index (χ0v) is 12.0. The fourth-order valence-corrected chi connectivity index (χ4v) is 4.74. The number of hydrogen-bond donors (Lipinski definition) is 0. The molecule has 0 amide bonds. The van der Waals surface area contributed by atoms with Gasteiger partial charge in [-0.15, -0.1) is 0 Å². The minimum atomic E-state index is -0.231. The van der Waals surface area contributed by atoms with Gasteiger partial charge in [-0.2, -0.15) is 0 Å². The van der Waals surface area contributed by atoms with Crippen LogP contribution in [-0.2, 0) is 9.47 Å². The molecule has 2 aliphatic carbocycles. The first-order chi connectivity index (χ1) is 8.71. The van der Waals surface area contributed by atoms with Gasteiger partial charge >= 0.3 is 0 Å². The Bertz CT molecular complexity index is 277. The third-order valence-electron chi connectivity index (χ3n) is 5.43. The van der Waals surface area contributed by atoms with Gasteiger partial charge < -0.3 is 9.47 Å². The molecule has 4 atom stereocenters. The Kier molecular flexibility index (Phi) is 3.68. The molecule has 3 rings (SSSR count). The van der Waals surface area contributed by atoms with Gasteiger partial charge in [-0.25, -0.2) is 0 Å². The molecule has 3 fully saturated rings. The summed E-state index contributed by atoms with van der Waals surface area (Å²) in [6.45, 7) is 6.57. The van der Waals surface area contributed by atoms with Gasteiger partial charge in [0.25, 0.3) is 0 Å². The lowest BCUT2D eigenvalue weighted by Crippen LogP contribution is -2.56. The van der Waals surface area contributed by atoms with Crippen molar-refractivity contribution in [3.63, 3.8) is 0 Å². The molecule has 0 aromatic rings. The van der Waals surface area contributed by atoms with E-state index in [-0.39, 0.29) is 5.79 Å². The minimum Gasteiger partial charge on any atom is -0.349 e. The molecule has 1 aliphatic heterocycles. The highest BCUT2D eigenvalue weighted by Crippen LogP contribution is 2.52. The van der Waals surface area contributed by atoms with Crippen LogP contribution in [-0.4, -0.2) is 19.0 Å². The van der Waals surface area contributed by atoms with Crippen LogP contribution in [0.15, 0.2) is 0 Å². The molecule has 18 heavy (non-hydrogen) atoms. The van der Waals surface area contributed by atoms with Crippen LogP contribution in [0.25, 0.3) is 0 Å². The third-order valence-corrected chi connectivity index (χ3v) is 5.43. The molecule has 2 nitrogen and oxygen atoms in total. The molecule has 3 aliphatic rings. The normalized spacial score (nSPS) is 44.3. The number of hydrogen-bond acceptors (Lipinski definition) is 2. The van der Waals surface area contributed by atoms with Crippen molar-refractivity contribution in [2.75, 3.05) is 13.2 Å². The van der Waals surface area contributed by atoms with E-state index in [1.165, 1.54) is 44.9 Å². The predicted molar refractivity (Wildman–Crippen MR) is 72.3 cm³/mol.